The van der Waals surface area contributed by atoms with Crippen molar-refractivity contribution in [1.29, 1.82) is 0 Å². The van der Waals surface area contributed by atoms with Crippen molar-refractivity contribution in [2.24, 2.45) is 0 Å². The molecule has 0 heterocycles. The van der Waals surface area contributed by atoms with Crippen LogP contribution in [0.2, 0.25) is 0 Å². The van der Waals surface area contributed by atoms with Crippen LogP contribution in [0.15, 0.2) is 48.5 Å². The molecule has 0 fully saturated rings. The van der Waals surface area contributed by atoms with E-state index in [0.717, 1.165) is 18.5 Å². The monoisotopic (exact) mass is 282 g/mol. The Morgan fingerprint density at radius 3 is 2.81 bits per heavy atom. The molecule has 1 unspecified atom stereocenters. The number of nitro groups is 1. The van der Waals surface area contributed by atoms with E-state index in [-0.39, 0.29) is 16.7 Å². The molecule has 0 saturated carbocycles. The number of rotatable bonds is 3. The molecular formula is C17H18N2O2. The fraction of sp³-hybridized carbons (Fsp3) is 0.294. The third-order valence-electron chi connectivity index (χ3n) is 4.02. The molecule has 0 spiro atoms. The predicted octanol–water partition coefficient (Wildman–Crippen LogP) is 4.47. The van der Waals surface area contributed by atoms with Crippen LogP contribution in [0.1, 0.15) is 36.4 Å². The highest BCUT2D eigenvalue weighted by Gasteiger charge is 2.18. The fourth-order valence-corrected chi connectivity index (χ4v) is 2.98. The fourth-order valence-electron chi connectivity index (χ4n) is 2.98. The lowest BCUT2D eigenvalue weighted by Gasteiger charge is -2.20. The molecule has 1 atom stereocenters. The molecule has 1 N–H and O–H groups in total. The van der Waals surface area contributed by atoms with Crippen molar-refractivity contribution < 1.29 is 4.92 Å². The topological polar surface area (TPSA) is 55.2 Å². The van der Waals surface area contributed by atoms with E-state index in [2.05, 4.69) is 29.6 Å². The Morgan fingerprint density at radius 1 is 1.10 bits per heavy atom. The first-order valence-electron chi connectivity index (χ1n) is 7.33. The van der Waals surface area contributed by atoms with Gasteiger partial charge in [0.1, 0.15) is 0 Å². The van der Waals surface area contributed by atoms with Gasteiger partial charge in [0.15, 0.2) is 0 Å². The van der Waals surface area contributed by atoms with Crippen LogP contribution in [0.3, 0.4) is 0 Å². The van der Waals surface area contributed by atoms with Crippen molar-refractivity contribution in [3.05, 3.63) is 69.8 Å². The van der Waals surface area contributed by atoms with Crippen LogP contribution in [0.5, 0.6) is 0 Å². The zero-order valence-electron chi connectivity index (χ0n) is 11.8. The minimum Gasteiger partial charge on any atom is -0.378 e. The smallest absolute Gasteiger partial charge is 0.271 e. The van der Waals surface area contributed by atoms with Gasteiger partial charge in [0.05, 0.1) is 11.0 Å². The van der Waals surface area contributed by atoms with Crippen LogP contribution in [0.25, 0.3) is 0 Å². The number of nitro benzene ring substituents is 1. The van der Waals surface area contributed by atoms with Crippen LogP contribution in [-0.2, 0) is 6.42 Å². The highest BCUT2D eigenvalue weighted by Crippen LogP contribution is 2.32. The summed E-state index contributed by atoms with van der Waals surface area (Å²) >= 11 is 0. The summed E-state index contributed by atoms with van der Waals surface area (Å²) in [5.74, 6) is 0. The Balaban J connectivity index is 1.87. The molecule has 3 rings (SSSR count). The van der Waals surface area contributed by atoms with E-state index in [0.29, 0.717) is 0 Å². The second-order valence-corrected chi connectivity index (χ2v) is 5.45. The summed E-state index contributed by atoms with van der Waals surface area (Å²) in [7, 11) is 0. The van der Waals surface area contributed by atoms with E-state index in [1.165, 1.54) is 30.0 Å². The molecule has 0 radical (unpaired) electrons. The Kier molecular flexibility index (Phi) is 3.86. The Bertz CT molecular complexity index is 655. The highest BCUT2D eigenvalue weighted by atomic mass is 16.6. The molecule has 0 amide bonds. The summed E-state index contributed by atoms with van der Waals surface area (Å²) < 4.78 is 0. The van der Waals surface area contributed by atoms with Crippen molar-refractivity contribution in [2.75, 3.05) is 5.32 Å². The number of nitrogens with one attached hydrogen (secondary N) is 1. The molecule has 2 aromatic carbocycles. The minimum absolute atomic E-state index is 0.127. The Morgan fingerprint density at radius 2 is 1.95 bits per heavy atom. The summed E-state index contributed by atoms with van der Waals surface area (Å²) in [6, 6.07) is 15.5. The van der Waals surface area contributed by atoms with Crippen molar-refractivity contribution in [1.82, 2.24) is 0 Å². The number of hydrogen-bond donors (Lipinski definition) is 1. The molecule has 0 aliphatic heterocycles. The number of aryl methyl sites for hydroxylation is 1. The van der Waals surface area contributed by atoms with Gasteiger partial charge in [-0.2, -0.15) is 0 Å². The molecule has 2 aromatic rings. The lowest BCUT2D eigenvalue weighted by Crippen LogP contribution is -2.11. The summed E-state index contributed by atoms with van der Waals surface area (Å²) in [5.41, 5.74) is 3.65. The van der Waals surface area contributed by atoms with E-state index in [9.17, 15) is 10.1 Å². The first kappa shape index (κ1) is 13.6. The number of nitrogens with zero attached hydrogens (tertiary/aromatic N) is 1. The zero-order chi connectivity index (χ0) is 14.7. The maximum atomic E-state index is 10.9. The van der Waals surface area contributed by atoms with Crippen LogP contribution in [0, 0.1) is 10.1 Å². The van der Waals surface area contributed by atoms with Crippen LogP contribution >= 0.6 is 0 Å². The number of benzene rings is 2. The molecule has 0 saturated heterocycles. The van der Waals surface area contributed by atoms with Crippen LogP contribution in [-0.4, -0.2) is 4.92 Å². The SMILES string of the molecule is O=[N+]([O-])c1cccc(NC2CCCCc3ccccc32)c1. The average molecular weight is 282 g/mol. The van der Waals surface area contributed by atoms with Gasteiger partial charge in [0, 0.05) is 17.8 Å². The maximum absolute atomic E-state index is 10.9. The summed E-state index contributed by atoms with van der Waals surface area (Å²) in [4.78, 5) is 10.5. The molecule has 1 aliphatic carbocycles. The quantitative estimate of drug-likeness (QED) is 0.513. The highest BCUT2D eigenvalue weighted by molar-refractivity contribution is 5.53. The first-order chi connectivity index (χ1) is 10.2. The number of anilines is 1. The lowest BCUT2D eigenvalue weighted by molar-refractivity contribution is -0.384. The third kappa shape index (κ3) is 3.05. The van der Waals surface area contributed by atoms with Gasteiger partial charge < -0.3 is 5.32 Å². The molecule has 21 heavy (non-hydrogen) atoms. The molecule has 0 aromatic heterocycles. The summed E-state index contributed by atoms with van der Waals surface area (Å²) in [6.07, 6.45) is 4.54. The molecule has 108 valence electrons. The van der Waals surface area contributed by atoms with Crippen molar-refractivity contribution in [3.63, 3.8) is 0 Å². The number of non-ortho nitro benzene ring substituents is 1. The van der Waals surface area contributed by atoms with Gasteiger partial charge in [-0.25, -0.2) is 0 Å². The average Bonchev–Trinajstić information content (AvgIpc) is 2.70. The summed E-state index contributed by atoms with van der Waals surface area (Å²) in [6.45, 7) is 0. The second kappa shape index (κ2) is 5.95. The van der Waals surface area contributed by atoms with Crippen molar-refractivity contribution in [2.45, 2.75) is 31.7 Å². The van der Waals surface area contributed by atoms with Crippen LogP contribution in [0.4, 0.5) is 11.4 Å². The second-order valence-electron chi connectivity index (χ2n) is 5.45. The molecule has 0 bridgehead atoms. The molecule has 4 nitrogen and oxygen atoms in total. The van der Waals surface area contributed by atoms with Gasteiger partial charge in [-0.3, -0.25) is 10.1 Å². The standard InChI is InChI=1S/C17H18N2O2/c20-19(21)15-9-5-8-14(12-15)18-17-11-4-2-7-13-6-1-3-10-16(13)17/h1,3,5-6,8-10,12,17-18H,2,4,7,11H2. The maximum Gasteiger partial charge on any atom is 0.271 e. The Hall–Kier alpha value is -2.36. The van der Waals surface area contributed by atoms with Crippen molar-refractivity contribution in [3.8, 4) is 0 Å². The first-order valence-corrected chi connectivity index (χ1v) is 7.33. The van der Waals surface area contributed by atoms with Crippen LogP contribution < -0.4 is 5.32 Å². The van der Waals surface area contributed by atoms with Crippen molar-refractivity contribution >= 4 is 11.4 Å². The van der Waals surface area contributed by atoms with Gasteiger partial charge in [0.25, 0.3) is 5.69 Å². The van der Waals surface area contributed by atoms with Gasteiger partial charge in [0.2, 0.25) is 0 Å². The molecular weight excluding hydrogens is 264 g/mol. The van der Waals surface area contributed by atoms with Gasteiger partial charge in [-0.1, -0.05) is 36.8 Å². The number of fused-ring (bicyclic) bond motifs is 1. The number of hydrogen-bond acceptors (Lipinski definition) is 3. The lowest BCUT2D eigenvalue weighted by atomic mass is 9.99. The third-order valence-corrected chi connectivity index (χ3v) is 4.02. The van der Waals surface area contributed by atoms with E-state index >= 15 is 0 Å². The largest absolute Gasteiger partial charge is 0.378 e. The minimum atomic E-state index is -0.355. The van der Waals surface area contributed by atoms with Gasteiger partial charge in [-0.15, -0.1) is 0 Å². The predicted molar refractivity (Wildman–Crippen MR) is 83.5 cm³/mol. The molecule has 1 aliphatic rings. The van der Waals surface area contributed by atoms with Gasteiger partial charge in [-0.05, 0) is 36.5 Å². The van der Waals surface area contributed by atoms with E-state index < -0.39 is 0 Å². The van der Waals surface area contributed by atoms with E-state index in [1.807, 2.05) is 6.07 Å². The Labute approximate surface area is 124 Å². The molecule has 4 heteroatoms. The zero-order valence-corrected chi connectivity index (χ0v) is 11.8. The summed E-state index contributed by atoms with van der Waals surface area (Å²) in [5, 5.41) is 14.3. The van der Waals surface area contributed by atoms with Gasteiger partial charge >= 0.3 is 0 Å². The van der Waals surface area contributed by atoms with E-state index in [4.69, 9.17) is 0 Å². The van der Waals surface area contributed by atoms with E-state index in [1.54, 1.807) is 12.1 Å². The normalized spacial score (nSPS) is 17.6.